The third-order valence-electron chi connectivity index (χ3n) is 4.29. The van der Waals surface area contributed by atoms with Crippen molar-refractivity contribution >= 4 is 23.3 Å². The van der Waals surface area contributed by atoms with Gasteiger partial charge in [-0.15, -0.1) is 11.3 Å². The lowest BCUT2D eigenvalue weighted by atomic mass is 9.88. The van der Waals surface area contributed by atoms with E-state index in [0.717, 1.165) is 19.3 Å². The fourth-order valence-corrected chi connectivity index (χ4v) is 3.46. The van der Waals surface area contributed by atoms with Crippen LogP contribution in [0.5, 0.6) is 0 Å². The van der Waals surface area contributed by atoms with Gasteiger partial charge in [-0.1, -0.05) is 6.92 Å². The second kappa shape index (κ2) is 6.47. The summed E-state index contributed by atoms with van der Waals surface area (Å²) in [5.74, 6) is -0.886. The standard InChI is InChI=1S/C15H22N2O3S/c1-3-15(2,13(18)19)9-16-14(20)17-11-5-4-6-12-10(11)7-8-21-12/h7-8,11H,3-6,9H2,1-2H3,(H,18,19)(H2,16,17,20). The van der Waals surface area contributed by atoms with Crippen LogP contribution in [0.4, 0.5) is 4.79 Å². The summed E-state index contributed by atoms with van der Waals surface area (Å²) in [6.07, 6.45) is 3.56. The topological polar surface area (TPSA) is 78.4 Å². The predicted molar refractivity (Wildman–Crippen MR) is 82.6 cm³/mol. The van der Waals surface area contributed by atoms with E-state index in [1.807, 2.05) is 6.92 Å². The van der Waals surface area contributed by atoms with Crippen LogP contribution in [-0.4, -0.2) is 23.7 Å². The number of hydrogen-bond donors (Lipinski definition) is 3. The number of amides is 2. The van der Waals surface area contributed by atoms with E-state index in [1.54, 1.807) is 18.3 Å². The molecule has 3 N–H and O–H groups in total. The van der Waals surface area contributed by atoms with Gasteiger partial charge < -0.3 is 15.7 Å². The van der Waals surface area contributed by atoms with Crippen LogP contribution < -0.4 is 10.6 Å². The average molecular weight is 310 g/mol. The van der Waals surface area contributed by atoms with Gasteiger partial charge in [0.1, 0.15) is 0 Å². The number of fused-ring (bicyclic) bond motifs is 1. The molecule has 6 heteroatoms. The minimum Gasteiger partial charge on any atom is -0.481 e. The van der Waals surface area contributed by atoms with Crippen molar-refractivity contribution in [3.63, 3.8) is 0 Å². The van der Waals surface area contributed by atoms with Crippen molar-refractivity contribution in [2.75, 3.05) is 6.54 Å². The Kier molecular flexibility index (Phi) is 4.88. The molecule has 2 rings (SSSR count). The molecule has 2 amide bonds. The first-order valence-corrected chi connectivity index (χ1v) is 8.18. The van der Waals surface area contributed by atoms with Crippen molar-refractivity contribution in [3.8, 4) is 0 Å². The molecule has 0 fully saturated rings. The zero-order valence-electron chi connectivity index (χ0n) is 12.4. The van der Waals surface area contributed by atoms with Crippen LogP contribution in [0.15, 0.2) is 11.4 Å². The van der Waals surface area contributed by atoms with Gasteiger partial charge in [0, 0.05) is 11.4 Å². The Bertz CT molecular complexity index is 529. The maximum atomic E-state index is 12.0. The van der Waals surface area contributed by atoms with E-state index in [9.17, 15) is 14.7 Å². The van der Waals surface area contributed by atoms with E-state index in [1.165, 1.54) is 10.4 Å². The van der Waals surface area contributed by atoms with Gasteiger partial charge in [0.15, 0.2) is 0 Å². The number of hydrogen-bond acceptors (Lipinski definition) is 3. The highest BCUT2D eigenvalue weighted by atomic mass is 32.1. The SMILES string of the molecule is CCC(C)(CNC(=O)NC1CCCc2sccc21)C(=O)O. The van der Waals surface area contributed by atoms with E-state index in [-0.39, 0.29) is 18.6 Å². The predicted octanol–water partition coefficient (Wildman–Crippen LogP) is 2.93. The zero-order valence-corrected chi connectivity index (χ0v) is 13.3. The largest absolute Gasteiger partial charge is 0.481 e. The molecule has 21 heavy (non-hydrogen) atoms. The highest BCUT2D eigenvalue weighted by Gasteiger charge is 2.32. The zero-order chi connectivity index (χ0) is 15.5. The minimum absolute atomic E-state index is 0.0395. The van der Waals surface area contributed by atoms with Crippen LogP contribution in [0.1, 0.15) is 49.6 Å². The third kappa shape index (κ3) is 3.56. The van der Waals surface area contributed by atoms with Crippen molar-refractivity contribution in [1.29, 1.82) is 0 Å². The molecular weight excluding hydrogens is 288 g/mol. The Morgan fingerprint density at radius 1 is 1.52 bits per heavy atom. The molecule has 0 radical (unpaired) electrons. The monoisotopic (exact) mass is 310 g/mol. The molecule has 116 valence electrons. The number of carboxylic acids is 1. The molecule has 0 aromatic carbocycles. The quantitative estimate of drug-likeness (QED) is 0.782. The fraction of sp³-hybridized carbons (Fsp3) is 0.600. The number of rotatable bonds is 5. The van der Waals surface area contributed by atoms with E-state index < -0.39 is 11.4 Å². The number of carbonyl (C=O) groups excluding carboxylic acids is 1. The van der Waals surface area contributed by atoms with Crippen LogP contribution in [0, 0.1) is 5.41 Å². The van der Waals surface area contributed by atoms with Gasteiger partial charge in [0.25, 0.3) is 0 Å². The molecule has 1 aliphatic carbocycles. The van der Waals surface area contributed by atoms with E-state index in [2.05, 4.69) is 22.1 Å². The number of aryl methyl sites for hydroxylation is 1. The molecule has 0 bridgehead atoms. The van der Waals surface area contributed by atoms with Crippen molar-refractivity contribution in [2.45, 2.75) is 45.6 Å². The smallest absolute Gasteiger partial charge is 0.315 e. The second-order valence-electron chi connectivity index (χ2n) is 5.79. The first-order valence-electron chi connectivity index (χ1n) is 7.30. The Balaban J connectivity index is 1.90. The molecular formula is C15H22N2O3S. The maximum Gasteiger partial charge on any atom is 0.315 e. The molecule has 1 aromatic rings. The molecule has 1 aromatic heterocycles. The molecule has 5 nitrogen and oxygen atoms in total. The summed E-state index contributed by atoms with van der Waals surface area (Å²) in [5, 5.41) is 16.9. The first-order chi connectivity index (χ1) is 9.96. The average Bonchev–Trinajstić information content (AvgIpc) is 2.94. The van der Waals surface area contributed by atoms with Gasteiger partial charge in [0.2, 0.25) is 0 Å². The first kappa shape index (κ1) is 15.8. The van der Waals surface area contributed by atoms with Crippen molar-refractivity contribution in [3.05, 3.63) is 21.9 Å². The molecule has 1 aliphatic rings. The van der Waals surface area contributed by atoms with Gasteiger partial charge in [0.05, 0.1) is 11.5 Å². The lowest BCUT2D eigenvalue weighted by Crippen LogP contribution is -2.45. The molecule has 2 unspecified atom stereocenters. The Morgan fingerprint density at radius 3 is 2.95 bits per heavy atom. The van der Waals surface area contributed by atoms with Crippen LogP contribution in [0.2, 0.25) is 0 Å². The molecule has 2 atom stereocenters. The van der Waals surface area contributed by atoms with Crippen LogP contribution in [-0.2, 0) is 11.2 Å². The molecule has 1 heterocycles. The summed E-state index contributed by atoms with van der Waals surface area (Å²) in [7, 11) is 0. The van der Waals surface area contributed by atoms with Crippen molar-refractivity contribution in [2.24, 2.45) is 5.41 Å². The van der Waals surface area contributed by atoms with Crippen LogP contribution >= 0.6 is 11.3 Å². The highest BCUT2D eigenvalue weighted by Crippen LogP contribution is 2.33. The Hall–Kier alpha value is -1.56. The fourth-order valence-electron chi connectivity index (χ4n) is 2.47. The summed E-state index contributed by atoms with van der Waals surface area (Å²) in [5.41, 5.74) is 0.287. The van der Waals surface area contributed by atoms with Gasteiger partial charge in [-0.25, -0.2) is 4.79 Å². The minimum atomic E-state index is -0.919. The van der Waals surface area contributed by atoms with Gasteiger partial charge in [-0.3, -0.25) is 4.79 Å². The van der Waals surface area contributed by atoms with E-state index in [4.69, 9.17) is 0 Å². The van der Waals surface area contributed by atoms with Gasteiger partial charge in [-0.05, 0) is 49.6 Å². The Morgan fingerprint density at radius 2 is 2.29 bits per heavy atom. The third-order valence-corrected chi connectivity index (χ3v) is 5.29. The number of urea groups is 1. The number of thiophene rings is 1. The molecule has 0 saturated heterocycles. The number of carboxylic acid groups (broad SMARTS) is 1. The maximum absolute atomic E-state index is 12.0. The summed E-state index contributed by atoms with van der Waals surface area (Å²) in [6.45, 7) is 3.59. The Labute approximate surface area is 128 Å². The lowest BCUT2D eigenvalue weighted by Gasteiger charge is -2.26. The lowest BCUT2D eigenvalue weighted by molar-refractivity contribution is -0.147. The normalized spacial score (nSPS) is 20.2. The van der Waals surface area contributed by atoms with Crippen molar-refractivity contribution < 1.29 is 14.7 Å². The number of nitrogens with one attached hydrogen (secondary N) is 2. The summed E-state index contributed by atoms with van der Waals surface area (Å²) in [6, 6.07) is 1.81. The van der Waals surface area contributed by atoms with Gasteiger partial charge >= 0.3 is 12.0 Å². The van der Waals surface area contributed by atoms with E-state index in [0.29, 0.717) is 6.42 Å². The van der Waals surface area contributed by atoms with E-state index >= 15 is 0 Å². The number of aliphatic carboxylic acids is 1. The van der Waals surface area contributed by atoms with Crippen LogP contribution in [0.3, 0.4) is 0 Å². The second-order valence-corrected chi connectivity index (χ2v) is 6.79. The summed E-state index contributed by atoms with van der Waals surface area (Å²) >= 11 is 1.73. The van der Waals surface area contributed by atoms with Gasteiger partial charge in [-0.2, -0.15) is 0 Å². The summed E-state index contributed by atoms with van der Waals surface area (Å²) in [4.78, 5) is 24.6. The molecule has 0 spiro atoms. The molecule has 0 aliphatic heterocycles. The molecule has 0 saturated carbocycles. The van der Waals surface area contributed by atoms with Crippen LogP contribution in [0.25, 0.3) is 0 Å². The number of carbonyl (C=O) groups is 2. The highest BCUT2D eigenvalue weighted by molar-refractivity contribution is 7.10. The van der Waals surface area contributed by atoms with Crippen molar-refractivity contribution in [1.82, 2.24) is 10.6 Å². The summed E-state index contributed by atoms with van der Waals surface area (Å²) < 4.78 is 0.